The van der Waals surface area contributed by atoms with Gasteiger partial charge in [0.1, 0.15) is 5.75 Å². The number of nitro benzene ring substituents is 1. The van der Waals surface area contributed by atoms with E-state index in [9.17, 15) is 10.1 Å². The van der Waals surface area contributed by atoms with Gasteiger partial charge in [0.05, 0.1) is 12.0 Å². The molecule has 7 heteroatoms. The standard InChI is InChI=1S/C15H12N4O3/c1-22-13-8-4-11(5-9-13)15-16-14(17-18-15)10-2-6-12(7-3-10)19(20)21/h2-9H,1H3,(H,16,17,18). The Morgan fingerprint density at radius 2 is 1.68 bits per heavy atom. The van der Waals surface area contributed by atoms with Gasteiger partial charge in [-0.1, -0.05) is 0 Å². The Balaban J connectivity index is 1.87. The maximum Gasteiger partial charge on any atom is 0.269 e. The Morgan fingerprint density at radius 1 is 1.05 bits per heavy atom. The van der Waals surface area contributed by atoms with Gasteiger partial charge in [0.15, 0.2) is 11.6 Å². The van der Waals surface area contributed by atoms with E-state index < -0.39 is 4.92 Å². The number of rotatable bonds is 4. The minimum atomic E-state index is -0.438. The van der Waals surface area contributed by atoms with Crippen LogP contribution in [0.15, 0.2) is 48.5 Å². The molecule has 0 radical (unpaired) electrons. The van der Waals surface area contributed by atoms with Crippen LogP contribution < -0.4 is 4.74 Å². The van der Waals surface area contributed by atoms with Crippen LogP contribution in [0.3, 0.4) is 0 Å². The number of benzene rings is 2. The van der Waals surface area contributed by atoms with Gasteiger partial charge >= 0.3 is 0 Å². The number of nitro groups is 1. The Morgan fingerprint density at radius 3 is 2.27 bits per heavy atom. The monoisotopic (exact) mass is 296 g/mol. The second-order valence-corrected chi connectivity index (χ2v) is 4.54. The molecule has 0 aliphatic heterocycles. The molecule has 0 aliphatic carbocycles. The highest BCUT2D eigenvalue weighted by Crippen LogP contribution is 2.23. The van der Waals surface area contributed by atoms with Gasteiger partial charge < -0.3 is 4.74 Å². The number of hydrogen-bond acceptors (Lipinski definition) is 5. The lowest BCUT2D eigenvalue weighted by atomic mass is 10.2. The van der Waals surface area contributed by atoms with Crippen LogP contribution in [0.2, 0.25) is 0 Å². The number of ether oxygens (including phenoxy) is 1. The Kier molecular flexibility index (Phi) is 3.53. The van der Waals surface area contributed by atoms with E-state index in [4.69, 9.17) is 4.74 Å². The fourth-order valence-corrected chi connectivity index (χ4v) is 2.00. The molecule has 22 heavy (non-hydrogen) atoms. The molecule has 3 aromatic rings. The molecule has 1 aromatic heterocycles. The quantitative estimate of drug-likeness (QED) is 0.590. The molecular weight excluding hydrogens is 284 g/mol. The lowest BCUT2D eigenvalue weighted by Crippen LogP contribution is -1.88. The van der Waals surface area contributed by atoms with Crippen LogP contribution in [0.1, 0.15) is 0 Å². The predicted octanol–water partition coefficient (Wildman–Crippen LogP) is 3.06. The maximum absolute atomic E-state index is 10.6. The summed E-state index contributed by atoms with van der Waals surface area (Å²) >= 11 is 0. The molecule has 0 spiro atoms. The fraction of sp³-hybridized carbons (Fsp3) is 0.0667. The highest BCUT2D eigenvalue weighted by atomic mass is 16.6. The van der Waals surface area contributed by atoms with Crippen molar-refractivity contribution in [3.05, 3.63) is 58.6 Å². The molecular formula is C15H12N4O3. The maximum atomic E-state index is 10.6. The smallest absolute Gasteiger partial charge is 0.269 e. The van der Waals surface area contributed by atoms with Crippen molar-refractivity contribution in [3.8, 4) is 28.5 Å². The summed E-state index contributed by atoms with van der Waals surface area (Å²) in [4.78, 5) is 14.6. The molecule has 0 saturated heterocycles. The number of nitrogens with one attached hydrogen (secondary N) is 1. The van der Waals surface area contributed by atoms with Crippen LogP contribution in [0, 0.1) is 10.1 Å². The third kappa shape index (κ3) is 2.64. The summed E-state index contributed by atoms with van der Waals surface area (Å²) in [6.07, 6.45) is 0. The molecule has 0 unspecified atom stereocenters. The lowest BCUT2D eigenvalue weighted by Gasteiger charge is -1.99. The molecule has 0 aliphatic rings. The largest absolute Gasteiger partial charge is 0.497 e. The lowest BCUT2D eigenvalue weighted by molar-refractivity contribution is -0.384. The van der Waals surface area contributed by atoms with Gasteiger partial charge in [-0.3, -0.25) is 15.2 Å². The second-order valence-electron chi connectivity index (χ2n) is 4.54. The van der Waals surface area contributed by atoms with Gasteiger partial charge in [0.2, 0.25) is 0 Å². The van der Waals surface area contributed by atoms with Gasteiger partial charge in [-0.05, 0) is 36.4 Å². The number of nitrogens with zero attached hydrogens (tertiary/aromatic N) is 3. The number of aromatic amines is 1. The number of hydrogen-bond donors (Lipinski definition) is 1. The summed E-state index contributed by atoms with van der Waals surface area (Å²) in [5.41, 5.74) is 1.63. The summed E-state index contributed by atoms with van der Waals surface area (Å²) in [7, 11) is 1.61. The van der Waals surface area contributed by atoms with Crippen molar-refractivity contribution >= 4 is 5.69 Å². The van der Waals surface area contributed by atoms with Crippen LogP contribution in [0.4, 0.5) is 5.69 Å². The van der Waals surface area contributed by atoms with Crippen molar-refractivity contribution in [2.24, 2.45) is 0 Å². The fourth-order valence-electron chi connectivity index (χ4n) is 2.00. The zero-order valence-electron chi connectivity index (χ0n) is 11.7. The van der Waals surface area contributed by atoms with Crippen molar-refractivity contribution in [2.75, 3.05) is 7.11 Å². The van der Waals surface area contributed by atoms with Crippen LogP contribution in [-0.2, 0) is 0 Å². The average Bonchev–Trinajstić information content (AvgIpc) is 3.05. The van der Waals surface area contributed by atoms with Crippen molar-refractivity contribution < 1.29 is 9.66 Å². The minimum absolute atomic E-state index is 0.0404. The molecule has 7 nitrogen and oxygen atoms in total. The van der Waals surface area contributed by atoms with E-state index >= 15 is 0 Å². The third-order valence-electron chi connectivity index (χ3n) is 3.19. The topological polar surface area (TPSA) is 93.9 Å². The molecule has 110 valence electrons. The van der Waals surface area contributed by atoms with E-state index in [1.807, 2.05) is 24.3 Å². The van der Waals surface area contributed by atoms with E-state index in [0.717, 1.165) is 16.9 Å². The molecule has 0 fully saturated rings. The molecule has 0 bridgehead atoms. The average molecular weight is 296 g/mol. The zero-order valence-corrected chi connectivity index (χ0v) is 11.7. The molecule has 0 saturated carbocycles. The Labute approximate surface area is 125 Å². The van der Waals surface area contributed by atoms with E-state index in [-0.39, 0.29) is 5.69 Å². The first-order valence-electron chi connectivity index (χ1n) is 6.49. The highest BCUT2D eigenvalue weighted by Gasteiger charge is 2.10. The van der Waals surface area contributed by atoms with Crippen LogP contribution in [0.5, 0.6) is 5.75 Å². The van der Waals surface area contributed by atoms with Crippen molar-refractivity contribution in [3.63, 3.8) is 0 Å². The minimum Gasteiger partial charge on any atom is -0.497 e. The number of aromatic nitrogens is 3. The first-order valence-corrected chi connectivity index (χ1v) is 6.49. The van der Waals surface area contributed by atoms with E-state index in [1.165, 1.54) is 12.1 Å². The van der Waals surface area contributed by atoms with Crippen LogP contribution in [0.25, 0.3) is 22.8 Å². The van der Waals surface area contributed by atoms with Gasteiger partial charge in [-0.2, -0.15) is 5.10 Å². The summed E-state index contributed by atoms with van der Waals surface area (Å²) < 4.78 is 5.11. The second kappa shape index (κ2) is 5.65. The summed E-state index contributed by atoms with van der Waals surface area (Å²) in [5.74, 6) is 1.87. The van der Waals surface area contributed by atoms with Crippen LogP contribution >= 0.6 is 0 Å². The first-order chi connectivity index (χ1) is 10.7. The van der Waals surface area contributed by atoms with E-state index in [1.54, 1.807) is 19.2 Å². The summed E-state index contributed by atoms with van der Waals surface area (Å²) in [6.45, 7) is 0. The molecule has 0 amide bonds. The molecule has 3 rings (SSSR count). The molecule has 2 aromatic carbocycles. The van der Waals surface area contributed by atoms with Crippen LogP contribution in [-0.4, -0.2) is 27.2 Å². The summed E-state index contributed by atoms with van der Waals surface area (Å²) in [6, 6.07) is 13.5. The third-order valence-corrected chi connectivity index (χ3v) is 3.19. The Hall–Kier alpha value is -3.22. The number of non-ortho nitro benzene ring substituents is 1. The number of methoxy groups -OCH3 is 1. The normalized spacial score (nSPS) is 10.4. The van der Waals surface area contributed by atoms with Gasteiger partial charge in [0.25, 0.3) is 5.69 Å². The highest BCUT2D eigenvalue weighted by molar-refractivity contribution is 5.62. The van der Waals surface area contributed by atoms with Gasteiger partial charge in [0, 0.05) is 23.3 Å². The van der Waals surface area contributed by atoms with E-state index in [0.29, 0.717) is 11.6 Å². The van der Waals surface area contributed by atoms with Crippen molar-refractivity contribution in [1.29, 1.82) is 0 Å². The Bertz CT molecular complexity index is 794. The molecule has 0 atom stereocenters. The van der Waals surface area contributed by atoms with Gasteiger partial charge in [-0.25, -0.2) is 4.98 Å². The van der Waals surface area contributed by atoms with E-state index in [2.05, 4.69) is 15.2 Å². The van der Waals surface area contributed by atoms with Crippen molar-refractivity contribution in [2.45, 2.75) is 0 Å². The van der Waals surface area contributed by atoms with Crippen molar-refractivity contribution in [1.82, 2.24) is 15.2 Å². The summed E-state index contributed by atoms with van der Waals surface area (Å²) in [5, 5.41) is 17.7. The molecule has 1 N–H and O–H groups in total. The molecule has 1 heterocycles. The number of H-pyrrole nitrogens is 1. The predicted molar refractivity (Wildman–Crippen MR) is 80.5 cm³/mol. The first kappa shape index (κ1) is 13.7. The van der Waals surface area contributed by atoms with Gasteiger partial charge in [-0.15, -0.1) is 0 Å². The zero-order chi connectivity index (χ0) is 15.5. The SMILES string of the molecule is COc1ccc(-c2n[nH]c(-c3ccc([N+](=O)[O-])cc3)n2)cc1.